The standard InChI is InChI=1S/C16H27N5O/c1-3-20-6-8-21(9-7-20)16-11-15(18-13(2)19-16)17-12-14-5-4-10-22-14/h11,14H,3-10,12H2,1-2H3,(H,17,18,19). The third kappa shape index (κ3) is 3.87. The van der Waals surface area contributed by atoms with E-state index in [-0.39, 0.29) is 0 Å². The Morgan fingerprint density at radius 1 is 1.27 bits per heavy atom. The molecule has 0 radical (unpaired) electrons. The van der Waals surface area contributed by atoms with Crippen molar-refractivity contribution in [3.05, 3.63) is 11.9 Å². The zero-order chi connectivity index (χ0) is 15.4. The van der Waals surface area contributed by atoms with Crippen LogP contribution in [0.15, 0.2) is 6.07 Å². The third-order valence-corrected chi connectivity index (χ3v) is 4.50. The number of hydrogen-bond donors (Lipinski definition) is 1. The van der Waals surface area contributed by atoms with E-state index in [1.165, 1.54) is 6.42 Å². The molecule has 6 nitrogen and oxygen atoms in total. The summed E-state index contributed by atoms with van der Waals surface area (Å²) in [4.78, 5) is 14.0. The summed E-state index contributed by atoms with van der Waals surface area (Å²) in [5, 5.41) is 3.41. The van der Waals surface area contributed by atoms with Gasteiger partial charge in [0.25, 0.3) is 0 Å². The van der Waals surface area contributed by atoms with Gasteiger partial charge in [0.05, 0.1) is 6.10 Å². The SMILES string of the molecule is CCN1CCN(c2cc(NCC3CCCO3)nc(C)n2)CC1. The summed E-state index contributed by atoms with van der Waals surface area (Å²) in [7, 11) is 0. The average Bonchev–Trinajstić information content (AvgIpc) is 3.06. The van der Waals surface area contributed by atoms with Gasteiger partial charge in [0.1, 0.15) is 17.5 Å². The summed E-state index contributed by atoms with van der Waals surface area (Å²) in [6.07, 6.45) is 2.64. The van der Waals surface area contributed by atoms with Crippen molar-refractivity contribution >= 4 is 11.6 Å². The van der Waals surface area contributed by atoms with Gasteiger partial charge in [-0.15, -0.1) is 0 Å². The number of aryl methyl sites for hydroxylation is 1. The van der Waals surface area contributed by atoms with Crippen molar-refractivity contribution < 1.29 is 4.74 Å². The molecule has 0 spiro atoms. The number of anilines is 2. The molecule has 2 aliphatic heterocycles. The predicted molar refractivity (Wildman–Crippen MR) is 88.6 cm³/mol. The highest BCUT2D eigenvalue weighted by Gasteiger charge is 2.19. The van der Waals surface area contributed by atoms with Gasteiger partial charge in [-0.1, -0.05) is 6.92 Å². The molecule has 1 atom stereocenters. The van der Waals surface area contributed by atoms with Crippen molar-refractivity contribution in [2.24, 2.45) is 0 Å². The van der Waals surface area contributed by atoms with Gasteiger partial charge in [0.2, 0.25) is 0 Å². The first kappa shape index (κ1) is 15.5. The van der Waals surface area contributed by atoms with Crippen LogP contribution in [0.1, 0.15) is 25.6 Å². The van der Waals surface area contributed by atoms with Gasteiger partial charge in [-0.05, 0) is 26.3 Å². The van der Waals surface area contributed by atoms with Crippen LogP contribution in [0.4, 0.5) is 11.6 Å². The maximum atomic E-state index is 5.65. The van der Waals surface area contributed by atoms with Crippen LogP contribution < -0.4 is 10.2 Å². The van der Waals surface area contributed by atoms with E-state index in [2.05, 4.69) is 38.1 Å². The second kappa shape index (κ2) is 7.24. The van der Waals surface area contributed by atoms with E-state index >= 15 is 0 Å². The number of hydrogen-bond acceptors (Lipinski definition) is 6. The smallest absolute Gasteiger partial charge is 0.134 e. The van der Waals surface area contributed by atoms with E-state index in [0.717, 1.165) is 69.8 Å². The van der Waals surface area contributed by atoms with Gasteiger partial charge in [0, 0.05) is 45.4 Å². The number of nitrogens with zero attached hydrogens (tertiary/aromatic N) is 4. The van der Waals surface area contributed by atoms with E-state index < -0.39 is 0 Å². The molecule has 1 N–H and O–H groups in total. The fourth-order valence-electron chi connectivity index (χ4n) is 3.12. The van der Waals surface area contributed by atoms with E-state index in [9.17, 15) is 0 Å². The predicted octanol–water partition coefficient (Wildman–Crippen LogP) is 1.52. The quantitative estimate of drug-likeness (QED) is 0.890. The molecule has 0 bridgehead atoms. The van der Waals surface area contributed by atoms with Crippen LogP contribution >= 0.6 is 0 Å². The lowest BCUT2D eigenvalue weighted by atomic mass is 10.2. The summed E-state index contributed by atoms with van der Waals surface area (Å²) in [5.74, 6) is 2.78. The van der Waals surface area contributed by atoms with Crippen molar-refractivity contribution in [1.82, 2.24) is 14.9 Å². The Kier molecular flexibility index (Phi) is 5.10. The van der Waals surface area contributed by atoms with E-state index in [1.54, 1.807) is 0 Å². The molecule has 0 aromatic carbocycles. The van der Waals surface area contributed by atoms with Gasteiger partial charge < -0.3 is 19.9 Å². The molecule has 2 saturated heterocycles. The van der Waals surface area contributed by atoms with Gasteiger partial charge >= 0.3 is 0 Å². The van der Waals surface area contributed by atoms with Gasteiger partial charge in [-0.2, -0.15) is 0 Å². The lowest BCUT2D eigenvalue weighted by molar-refractivity contribution is 0.120. The number of aromatic nitrogens is 2. The van der Waals surface area contributed by atoms with Crippen LogP contribution in [-0.4, -0.2) is 66.8 Å². The molecule has 0 aliphatic carbocycles. The summed E-state index contributed by atoms with van der Waals surface area (Å²) in [6.45, 7) is 11.3. The van der Waals surface area contributed by atoms with Crippen molar-refractivity contribution in [2.45, 2.75) is 32.8 Å². The first-order valence-corrected chi connectivity index (χ1v) is 8.43. The number of likely N-dealkylation sites (N-methyl/N-ethyl adjacent to an activating group) is 1. The van der Waals surface area contributed by atoms with Crippen LogP contribution in [0.2, 0.25) is 0 Å². The number of ether oxygens (including phenoxy) is 1. The zero-order valence-electron chi connectivity index (χ0n) is 13.7. The highest BCUT2D eigenvalue weighted by Crippen LogP contribution is 2.19. The lowest BCUT2D eigenvalue weighted by Gasteiger charge is -2.34. The molecule has 6 heteroatoms. The van der Waals surface area contributed by atoms with Crippen molar-refractivity contribution in [3.63, 3.8) is 0 Å². The second-order valence-electron chi connectivity index (χ2n) is 6.10. The average molecular weight is 305 g/mol. The number of nitrogens with one attached hydrogen (secondary N) is 1. The van der Waals surface area contributed by atoms with Crippen LogP contribution in [0.3, 0.4) is 0 Å². The van der Waals surface area contributed by atoms with Crippen LogP contribution in [0, 0.1) is 6.92 Å². The first-order chi connectivity index (χ1) is 10.7. The van der Waals surface area contributed by atoms with Crippen molar-refractivity contribution in [3.8, 4) is 0 Å². The molecular weight excluding hydrogens is 278 g/mol. The van der Waals surface area contributed by atoms with Gasteiger partial charge in [-0.3, -0.25) is 0 Å². The van der Waals surface area contributed by atoms with Crippen molar-refractivity contribution in [1.29, 1.82) is 0 Å². The van der Waals surface area contributed by atoms with E-state index in [0.29, 0.717) is 6.10 Å². The van der Waals surface area contributed by atoms with Crippen LogP contribution in [-0.2, 0) is 4.74 Å². The largest absolute Gasteiger partial charge is 0.376 e. The highest BCUT2D eigenvalue weighted by atomic mass is 16.5. The summed E-state index contributed by atoms with van der Waals surface area (Å²) >= 11 is 0. The van der Waals surface area contributed by atoms with Crippen LogP contribution in [0.5, 0.6) is 0 Å². The maximum Gasteiger partial charge on any atom is 0.134 e. The minimum absolute atomic E-state index is 0.326. The van der Waals surface area contributed by atoms with E-state index in [1.807, 2.05) is 6.92 Å². The normalized spacial score (nSPS) is 23.0. The molecule has 1 aromatic heterocycles. The Labute approximate surface area is 132 Å². The molecule has 22 heavy (non-hydrogen) atoms. The Bertz CT molecular complexity index is 481. The third-order valence-electron chi connectivity index (χ3n) is 4.50. The van der Waals surface area contributed by atoms with Gasteiger partial charge in [0.15, 0.2) is 0 Å². The monoisotopic (exact) mass is 305 g/mol. The molecule has 122 valence electrons. The van der Waals surface area contributed by atoms with Crippen LogP contribution in [0.25, 0.3) is 0 Å². The summed E-state index contributed by atoms with van der Waals surface area (Å²) in [5.41, 5.74) is 0. The minimum Gasteiger partial charge on any atom is -0.376 e. The van der Waals surface area contributed by atoms with E-state index in [4.69, 9.17) is 4.74 Å². The molecule has 0 saturated carbocycles. The molecule has 2 fully saturated rings. The fraction of sp³-hybridized carbons (Fsp3) is 0.750. The Hall–Kier alpha value is -1.40. The molecule has 3 rings (SSSR count). The summed E-state index contributed by atoms with van der Waals surface area (Å²) in [6, 6.07) is 2.07. The Morgan fingerprint density at radius 3 is 2.77 bits per heavy atom. The molecule has 2 aliphatic rings. The molecule has 1 aromatic rings. The molecule has 3 heterocycles. The minimum atomic E-state index is 0.326. The summed E-state index contributed by atoms with van der Waals surface area (Å²) < 4.78 is 5.65. The fourth-order valence-corrected chi connectivity index (χ4v) is 3.12. The Balaban J connectivity index is 1.62. The molecular formula is C16H27N5O. The first-order valence-electron chi connectivity index (χ1n) is 8.43. The molecule has 0 amide bonds. The van der Waals surface area contributed by atoms with Crippen molar-refractivity contribution in [2.75, 3.05) is 56.1 Å². The highest BCUT2D eigenvalue weighted by molar-refractivity contribution is 5.49. The Morgan fingerprint density at radius 2 is 2.09 bits per heavy atom. The molecule has 1 unspecified atom stereocenters. The van der Waals surface area contributed by atoms with Gasteiger partial charge in [-0.25, -0.2) is 9.97 Å². The number of rotatable bonds is 5. The lowest BCUT2D eigenvalue weighted by Crippen LogP contribution is -2.46. The maximum absolute atomic E-state index is 5.65. The second-order valence-corrected chi connectivity index (χ2v) is 6.10. The number of piperazine rings is 1. The zero-order valence-corrected chi connectivity index (χ0v) is 13.7. The topological polar surface area (TPSA) is 53.5 Å².